The van der Waals surface area contributed by atoms with Crippen molar-refractivity contribution in [3.63, 3.8) is 0 Å². The Bertz CT molecular complexity index is 520. The molecule has 2 aliphatic rings. The highest BCUT2D eigenvalue weighted by Crippen LogP contribution is 2.31. The molecule has 2 saturated heterocycles. The van der Waals surface area contributed by atoms with Gasteiger partial charge < -0.3 is 62.3 Å². The predicted molar refractivity (Wildman–Crippen MR) is 138 cm³/mol. The molecular formula is C26H50O13. The average Bonchev–Trinajstić information content (AvgIpc) is 3.87. The van der Waals surface area contributed by atoms with Crippen LogP contribution in [-0.2, 0) is 52.1 Å². The Morgan fingerprint density at radius 3 is 0.974 bits per heavy atom. The van der Waals surface area contributed by atoms with E-state index < -0.39 is 5.60 Å². The van der Waals surface area contributed by atoms with Crippen LogP contribution in [-0.4, -0.2) is 167 Å². The van der Waals surface area contributed by atoms with Crippen LogP contribution in [0.1, 0.15) is 12.8 Å². The molecule has 39 heavy (non-hydrogen) atoms. The molecule has 13 nitrogen and oxygen atoms in total. The summed E-state index contributed by atoms with van der Waals surface area (Å²) in [6, 6.07) is 0. The number of epoxide rings is 2. The highest BCUT2D eigenvalue weighted by molar-refractivity contribution is 4.91. The van der Waals surface area contributed by atoms with Crippen LogP contribution >= 0.6 is 0 Å². The highest BCUT2D eigenvalue weighted by atomic mass is 16.6. The van der Waals surface area contributed by atoms with E-state index in [1.807, 2.05) is 0 Å². The molecule has 0 aromatic rings. The summed E-state index contributed by atoms with van der Waals surface area (Å²) in [5.74, 6) is 0. The Labute approximate surface area is 232 Å². The molecule has 0 spiro atoms. The summed E-state index contributed by atoms with van der Waals surface area (Å²) >= 11 is 0. The molecule has 0 saturated carbocycles. The Morgan fingerprint density at radius 2 is 0.718 bits per heavy atom. The second-order valence-corrected chi connectivity index (χ2v) is 9.22. The smallest absolute Gasteiger partial charge is 0.0931 e. The predicted octanol–water partition coefficient (Wildman–Crippen LogP) is -0.563. The number of aliphatic hydroxyl groups is 2. The summed E-state index contributed by atoms with van der Waals surface area (Å²) in [6.45, 7) is 9.83. The maximum atomic E-state index is 10.7. The van der Waals surface area contributed by atoms with E-state index in [9.17, 15) is 5.11 Å². The fourth-order valence-corrected chi connectivity index (χ4v) is 3.51. The minimum absolute atomic E-state index is 0.0246. The third-order valence-electron chi connectivity index (χ3n) is 5.60. The normalized spacial score (nSPS) is 19.8. The Hall–Kier alpha value is -0.520. The maximum absolute atomic E-state index is 10.7. The van der Waals surface area contributed by atoms with Crippen LogP contribution in [0.2, 0.25) is 0 Å². The van der Waals surface area contributed by atoms with Gasteiger partial charge in [0, 0.05) is 12.8 Å². The number of aliphatic hydroxyl groups excluding tert-OH is 1. The van der Waals surface area contributed by atoms with Crippen LogP contribution in [0.25, 0.3) is 0 Å². The molecule has 0 aromatic carbocycles. The Kier molecular flexibility index (Phi) is 21.4. The van der Waals surface area contributed by atoms with E-state index in [-0.39, 0.29) is 25.4 Å². The largest absolute Gasteiger partial charge is 0.394 e. The van der Waals surface area contributed by atoms with Gasteiger partial charge in [-0.1, -0.05) is 0 Å². The first-order chi connectivity index (χ1) is 19.2. The lowest BCUT2D eigenvalue weighted by Crippen LogP contribution is -2.38. The topological polar surface area (TPSA) is 149 Å². The summed E-state index contributed by atoms with van der Waals surface area (Å²) in [6.07, 6.45) is 1.46. The van der Waals surface area contributed by atoms with Crippen molar-refractivity contribution < 1.29 is 62.3 Å². The van der Waals surface area contributed by atoms with E-state index in [0.717, 1.165) is 0 Å². The molecule has 232 valence electrons. The lowest BCUT2D eigenvalue weighted by atomic mass is 9.93. The van der Waals surface area contributed by atoms with Gasteiger partial charge >= 0.3 is 0 Å². The molecule has 0 aliphatic carbocycles. The first kappa shape index (κ1) is 34.7. The second-order valence-electron chi connectivity index (χ2n) is 9.22. The zero-order valence-corrected chi connectivity index (χ0v) is 23.3. The molecule has 0 aromatic heterocycles. The van der Waals surface area contributed by atoms with Gasteiger partial charge in [0.1, 0.15) is 0 Å². The molecular weight excluding hydrogens is 520 g/mol. The third kappa shape index (κ3) is 22.8. The Balaban J connectivity index is 1.19. The minimum Gasteiger partial charge on any atom is -0.394 e. The van der Waals surface area contributed by atoms with Crippen LogP contribution < -0.4 is 0 Å². The summed E-state index contributed by atoms with van der Waals surface area (Å²) < 4.78 is 59.2. The van der Waals surface area contributed by atoms with Crippen molar-refractivity contribution in [1.29, 1.82) is 0 Å². The van der Waals surface area contributed by atoms with E-state index in [4.69, 9.17) is 57.2 Å². The van der Waals surface area contributed by atoms with Crippen LogP contribution in [0, 0.1) is 0 Å². The van der Waals surface area contributed by atoms with E-state index in [1.54, 1.807) is 0 Å². The van der Waals surface area contributed by atoms with Crippen molar-refractivity contribution in [3.8, 4) is 0 Å². The fraction of sp³-hybridized carbons (Fsp3) is 1.00. The standard InChI is InChI=1S/C26H50O13/c27-1-2-29-3-4-30-5-6-31-7-8-32-9-10-33-11-12-34-13-14-35-15-16-36-17-18-37-23-26(28,19-24-21-38-24)20-25-22-39-25/h24-25,27-28H,1-23H2. The van der Waals surface area contributed by atoms with Gasteiger partial charge in [-0.15, -0.1) is 0 Å². The molecule has 2 fully saturated rings. The minimum atomic E-state index is -0.894. The zero-order valence-electron chi connectivity index (χ0n) is 23.3. The highest BCUT2D eigenvalue weighted by Gasteiger charge is 2.41. The third-order valence-corrected chi connectivity index (χ3v) is 5.60. The van der Waals surface area contributed by atoms with Crippen molar-refractivity contribution in [2.45, 2.75) is 30.7 Å². The molecule has 0 radical (unpaired) electrons. The number of rotatable bonds is 32. The molecule has 2 rings (SSSR count). The van der Waals surface area contributed by atoms with Crippen LogP contribution in [0.5, 0.6) is 0 Å². The first-order valence-corrected chi connectivity index (χ1v) is 14.0. The van der Waals surface area contributed by atoms with Gasteiger partial charge in [0.05, 0.1) is 157 Å². The van der Waals surface area contributed by atoms with E-state index in [0.29, 0.717) is 138 Å². The van der Waals surface area contributed by atoms with Crippen LogP contribution in [0.3, 0.4) is 0 Å². The van der Waals surface area contributed by atoms with Gasteiger partial charge in [-0.2, -0.15) is 0 Å². The molecule has 13 heteroatoms. The van der Waals surface area contributed by atoms with Crippen molar-refractivity contribution in [2.24, 2.45) is 0 Å². The van der Waals surface area contributed by atoms with Gasteiger partial charge in [0.2, 0.25) is 0 Å². The molecule has 0 bridgehead atoms. The summed E-state index contributed by atoms with van der Waals surface area (Å²) in [7, 11) is 0. The molecule has 2 aliphatic heterocycles. The van der Waals surface area contributed by atoms with Crippen molar-refractivity contribution >= 4 is 0 Å². The number of hydrogen-bond donors (Lipinski definition) is 2. The van der Waals surface area contributed by atoms with Crippen LogP contribution in [0.15, 0.2) is 0 Å². The van der Waals surface area contributed by atoms with E-state index in [2.05, 4.69) is 0 Å². The lowest BCUT2D eigenvalue weighted by Gasteiger charge is -2.26. The van der Waals surface area contributed by atoms with Crippen molar-refractivity contribution in [1.82, 2.24) is 0 Å². The van der Waals surface area contributed by atoms with Gasteiger partial charge in [-0.05, 0) is 0 Å². The molecule has 2 atom stereocenters. The van der Waals surface area contributed by atoms with Crippen molar-refractivity contribution in [2.75, 3.05) is 139 Å². The van der Waals surface area contributed by atoms with Gasteiger partial charge in [-0.25, -0.2) is 0 Å². The number of ether oxygens (including phenoxy) is 11. The molecule has 0 amide bonds. The SMILES string of the molecule is OCCOCCOCCOCCOCCOCCOCCOCCOCCOCC(O)(CC1CO1)CC1CO1. The lowest BCUT2D eigenvalue weighted by molar-refractivity contribution is -0.0758. The Morgan fingerprint density at radius 1 is 0.462 bits per heavy atom. The van der Waals surface area contributed by atoms with Gasteiger partial charge in [0.25, 0.3) is 0 Å². The van der Waals surface area contributed by atoms with Gasteiger partial charge in [0.15, 0.2) is 0 Å². The summed E-state index contributed by atoms with van der Waals surface area (Å²) in [4.78, 5) is 0. The van der Waals surface area contributed by atoms with Crippen molar-refractivity contribution in [3.05, 3.63) is 0 Å². The number of hydrogen-bond acceptors (Lipinski definition) is 13. The van der Waals surface area contributed by atoms with Crippen LogP contribution in [0.4, 0.5) is 0 Å². The quantitative estimate of drug-likeness (QED) is 0.0787. The summed E-state index contributed by atoms with van der Waals surface area (Å²) in [5.41, 5.74) is -0.894. The van der Waals surface area contributed by atoms with E-state index in [1.165, 1.54) is 0 Å². The second kappa shape index (κ2) is 24.1. The average molecular weight is 571 g/mol. The first-order valence-electron chi connectivity index (χ1n) is 14.0. The zero-order chi connectivity index (χ0) is 27.7. The van der Waals surface area contributed by atoms with Gasteiger partial charge in [-0.3, -0.25) is 0 Å². The maximum Gasteiger partial charge on any atom is 0.0931 e. The molecule has 2 N–H and O–H groups in total. The molecule has 2 heterocycles. The monoisotopic (exact) mass is 570 g/mol. The van der Waals surface area contributed by atoms with E-state index >= 15 is 0 Å². The molecule has 2 unspecified atom stereocenters. The fourth-order valence-electron chi connectivity index (χ4n) is 3.51. The summed E-state index contributed by atoms with van der Waals surface area (Å²) in [5, 5.41) is 19.3.